The molecule has 0 aliphatic heterocycles. The molecule has 0 fully saturated rings. The van der Waals surface area contributed by atoms with E-state index >= 15 is 0 Å². The molecule has 0 spiro atoms. The van der Waals surface area contributed by atoms with Crippen molar-refractivity contribution in [2.24, 2.45) is 0 Å². The van der Waals surface area contributed by atoms with Crippen LogP contribution in [-0.2, 0) is 6.18 Å². The Balaban J connectivity index is 2.42. The first kappa shape index (κ1) is 16.1. The van der Waals surface area contributed by atoms with Crippen LogP contribution < -0.4 is 0 Å². The van der Waals surface area contributed by atoms with E-state index in [0.717, 1.165) is 17.7 Å². The highest BCUT2D eigenvalue weighted by molar-refractivity contribution is 6.32. The molecule has 1 unspecified atom stereocenters. The molecule has 0 radical (unpaired) electrons. The average molecular weight is 336 g/mol. The molecule has 0 aliphatic carbocycles. The van der Waals surface area contributed by atoms with E-state index < -0.39 is 23.1 Å². The van der Waals surface area contributed by atoms with Crippen molar-refractivity contribution in [2.45, 2.75) is 19.2 Å². The minimum atomic E-state index is -4.59. The number of pyridine rings is 1. The molecule has 1 heterocycles. The molecule has 2 rings (SSSR count). The van der Waals surface area contributed by atoms with E-state index in [4.69, 9.17) is 23.2 Å². The highest BCUT2D eigenvalue weighted by atomic mass is 35.5. The molecule has 0 aliphatic rings. The van der Waals surface area contributed by atoms with Crippen LogP contribution in [0, 0.1) is 6.92 Å². The third-order valence-corrected chi connectivity index (χ3v) is 3.54. The topological polar surface area (TPSA) is 33.1 Å². The van der Waals surface area contributed by atoms with E-state index in [0.29, 0.717) is 10.6 Å². The first-order chi connectivity index (χ1) is 9.70. The zero-order valence-electron chi connectivity index (χ0n) is 10.7. The second-order valence-corrected chi connectivity index (χ2v) is 5.27. The Kier molecular flexibility index (Phi) is 4.46. The van der Waals surface area contributed by atoms with Gasteiger partial charge in [0.15, 0.2) is 0 Å². The molecular formula is C14H10Cl2F3NO. The summed E-state index contributed by atoms with van der Waals surface area (Å²) in [6.45, 7) is 1.83. The summed E-state index contributed by atoms with van der Waals surface area (Å²) in [5, 5.41) is 10.1. The van der Waals surface area contributed by atoms with E-state index in [9.17, 15) is 18.3 Å². The van der Waals surface area contributed by atoms with Crippen LogP contribution in [0.1, 0.15) is 28.5 Å². The fourth-order valence-corrected chi connectivity index (χ4v) is 2.42. The van der Waals surface area contributed by atoms with Gasteiger partial charge in [0, 0.05) is 16.1 Å². The van der Waals surface area contributed by atoms with Gasteiger partial charge in [0.25, 0.3) is 0 Å². The molecule has 1 aromatic heterocycles. The number of aromatic nitrogens is 1. The summed E-state index contributed by atoms with van der Waals surface area (Å²) in [5.74, 6) is 0. The molecule has 0 bridgehead atoms. The minimum absolute atomic E-state index is 0.0652. The van der Waals surface area contributed by atoms with Gasteiger partial charge >= 0.3 is 6.18 Å². The van der Waals surface area contributed by atoms with Gasteiger partial charge in [-0.2, -0.15) is 13.2 Å². The van der Waals surface area contributed by atoms with Crippen molar-refractivity contribution in [3.05, 3.63) is 62.9 Å². The van der Waals surface area contributed by atoms with Gasteiger partial charge in [-0.25, -0.2) is 4.98 Å². The van der Waals surface area contributed by atoms with Gasteiger partial charge in [-0.1, -0.05) is 41.4 Å². The van der Waals surface area contributed by atoms with Crippen LogP contribution in [-0.4, -0.2) is 10.1 Å². The molecular weight excluding hydrogens is 326 g/mol. The van der Waals surface area contributed by atoms with E-state index in [1.807, 2.05) is 6.92 Å². The lowest BCUT2D eigenvalue weighted by molar-refractivity contribution is -0.141. The Morgan fingerprint density at radius 2 is 1.71 bits per heavy atom. The SMILES string of the molecule is Cc1ccc(C(O)c2ccc(C(F)(F)F)nc2Cl)c(Cl)c1. The van der Waals surface area contributed by atoms with Crippen LogP contribution in [0.2, 0.25) is 10.2 Å². The number of aryl methyl sites for hydroxylation is 1. The molecule has 112 valence electrons. The van der Waals surface area contributed by atoms with Crippen LogP contribution in [0.15, 0.2) is 30.3 Å². The zero-order valence-corrected chi connectivity index (χ0v) is 12.3. The van der Waals surface area contributed by atoms with Crippen molar-refractivity contribution in [3.63, 3.8) is 0 Å². The summed E-state index contributed by atoms with van der Waals surface area (Å²) in [6, 6.07) is 6.84. The molecule has 0 saturated carbocycles. The second-order valence-electron chi connectivity index (χ2n) is 4.50. The van der Waals surface area contributed by atoms with E-state index in [2.05, 4.69) is 4.98 Å². The number of benzene rings is 1. The molecule has 21 heavy (non-hydrogen) atoms. The normalized spacial score (nSPS) is 13.3. The lowest BCUT2D eigenvalue weighted by atomic mass is 10.0. The number of halogens is 5. The fraction of sp³-hybridized carbons (Fsp3) is 0.214. The standard InChI is InChI=1S/C14H10Cl2F3NO/c1-7-2-3-8(10(15)6-7)12(21)9-4-5-11(14(17,18)19)20-13(9)16/h2-6,12,21H,1H3. The zero-order chi connectivity index (χ0) is 15.8. The van der Waals surface area contributed by atoms with Crippen molar-refractivity contribution in [1.29, 1.82) is 0 Å². The Morgan fingerprint density at radius 1 is 1.10 bits per heavy atom. The lowest BCUT2D eigenvalue weighted by Gasteiger charge is -2.16. The third kappa shape index (κ3) is 3.48. The minimum Gasteiger partial charge on any atom is -0.383 e. The summed E-state index contributed by atoms with van der Waals surface area (Å²) in [4.78, 5) is 3.28. The van der Waals surface area contributed by atoms with Crippen LogP contribution in [0.4, 0.5) is 13.2 Å². The van der Waals surface area contributed by atoms with Crippen molar-refractivity contribution in [2.75, 3.05) is 0 Å². The molecule has 0 amide bonds. The summed E-state index contributed by atoms with van der Waals surface area (Å²) >= 11 is 11.8. The number of nitrogens with zero attached hydrogens (tertiary/aromatic N) is 1. The van der Waals surface area contributed by atoms with Crippen LogP contribution in [0.3, 0.4) is 0 Å². The number of alkyl halides is 3. The fourth-order valence-electron chi connectivity index (χ4n) is 1.83. The monoisotopic (exact) mass is 335 g/mol. The van der Waals surface area contributed by atoms with Gasteiger partial charge in [-0.3, -0.25) is 0 Å². The van der Waals surface area contributed by atoms with Crippen LogP contribution in [0.5, 0.6) is 0 Å². The summed E-state index contributed by atoms with van der Waals surface area (Å²) in [6.07, 6.45) is -5.84. The largest absolute Gasteiger partial charge is 0.433 e. The molecule has 1 N–H and O–H groups in total. The Labute approximate surface area is 129 Å². The summed E-state index contributed by atoms with van der Waals surface area (Å²) < 4.78 is 37.6. The lowest BCUT2D eigenvalue weighted by Crippen LogP contribution is -2.10. The van der Waals surface area contributed by atoms with Gasteiger partial charge in [0.2, 0.25) is 0 Å². The van der Waals surface area contributed by atoms with E-state index in [1.165, 1.54) is 0 Å². The van der Waals surface area contributed by atoms with E-state index in [1.54, 1.807) is 18.2 Å². The smallest absolute Gasteiger partial charge is 0.383 e. The predicted octanol–water partition coefficient (Wildman–Crippen LogP) is 4.80. The number of aliphatic hydroxyl groups excluding tert-OH is 1. The Morgan fingerprint density at radius 3 is 2.24 bits per heavy atom. The number of hydrogen-bond acceptors (Lipinski definition) is 2. The Hall–Kier alpha value is -1.30. The number of rotatable bonds is 2. The molecule has 7 heteroatoms. The first-order valence-electron chi connectivity index (χ1n) is 5.88. The maximum Gasteiger partial charge on any atom is 0.433 e. The quantitative estimate of drug-likeness (QED) is 0.800. The molecule has 2 aromatic rings. The highest BCUT2D eigenvalue weighted by Crippen LogP contribution is 2.35. The Bertz CT molecular complexity index is 674. The third-order valence-electron chi connectivity index (χ3n) is 2.91. The molecule has 1 atom stereocenters. The number of aliphatic hydroxyl groups is 1. The van der Waals surface area contributed by atoms with Crippen molar-refractivity contribution in [3.8, 4) is 0 Å². The van der Waals surface area contributed by atoms with Gasteiger partial charge in [-0.15, -0.1) is 0 Å². The molecule has 2 nitrogen and oxygen atoms in total. The number of hydrogen-bond donors (Lipinski definition) is 1. The van der Waals surface area contributed by atoms with E-state index in [-0.39, 0.29) is 5.56 Å². The maximum atomic E-state index is 12.5. The van der Waals surface area contributed by atoms with Crippen LogP contribution >= 0.6 is 23.2 Å². The van der Waals surface area contributed by atoms with Crippen LogP contribution in [0.25, 0.3) is 0 Å². The van der Waals surface area contributed by atoms with Crippen molar-refractivity contribution >= 4 is 23.2 Å². The predicted molar refractivity (Wildman–Crippen MR) is 74.5 cm³/mol. The van der Waals surface area contributed by atoms with Gasteiger partial charge in [0.1, 0.15) is 17.0 Å². The molecule has 0 saturated heterocycles. The second kappa shape index (κ2) is 5.83. The average Bonchev–Trinajstić information content (AvgIpc) is 2.36. The molecule has 1 aromatic carbocycles. The van der Waals surface area contributed by atoms with Gasteiger partial charge in [-0.05, 0) is 24.6 Å². The maximum absolute atomic E-state index is 12.5. The highest BCUT2D eigenvalue weighted by Gasteiger charge is 2.33. The first-order valence-corrected chi connectivity index (χ1v) is 6.63. The van der Waals surface area contributed by atoms with Gasteiger partial charge < -0.3 is 5.11 Å². The van der Waals surface area contributed by atoms with Crippen molar-refractivity contribution in [1.82, 2.24) is 4.98 Å². The van der Waals surface area contributed by atoms with Gasteiger partial charge in [0.05, 0.1) is 0 Å². The van der Waals surface area contributed by atoms with Crippen molar-refractivity contribution < 1.29 is 18.3 Å². The summed E-state index contributed by atoms with van der Waals surface area (Å²) in [7, 11) is 0. The summed E-state index contributed by atoms with van der Waals surface area (Å²) in [5.41, 5.74) is 0.201.